The number of primary sulfonamides is 1. The Labute approximate surface area is 164 Å². The van der Waals surface area contributed by atoms with E-state index in [1.165, 1.54) is 12.1 Å². The van der Waals surface area contributed by atoms with Gasteiger partial charge in [0, 0.05) is 12.1 Å². The predicted octanol–water partition coefficient (Wildman–Crippen LogP) is 3.37. The SMILES string of the molecule is NS(=O)(=O)c1ccc(CCNC(=O)Nc2ccccc2-c2ccccc2)cc1. The molecule has 0 radical (unpaired) electrons. The zero-order valence-corrected chi connectivity index (χ0v) is 15.9. The highest BCUT2D eigenvalue weighted by Crippen LogP contribution is 2.27. The molecular weight excluding hydrogens is 374 g/mol. The summed E-state index contributed by atoms with van der Waals surface area (Å²) in [6.07, 6.45) is 0.568. The van der Waals surface area contributed by atoms with Crippen molar-refractivity contribution in [3.63, 3.8) is 0 Å². The number of hydrogen-bond donors (Lipinski definition) is 3. The summed E-state index contributed by atoms with van der Waals surface area (Å²) in [7, 11) is -3.69. The summed E-state index contributed by atoms with van der Waals surface area (Å²) in [5.74, 6) is 0. The summed E-state index contributed by atoms with van der Waals surface area (Å²) in [5.41, 5.74) is 3.59. The largest absolute Gasteiger partial charge is 0.338 e. The Morgan fingerprint density at radius 2 is 1.50 bits per heavy atom. The van der Waals surface area contributed by atoms with Crippen molar-refractivity contribution in [1.82, 2.24) is 5.32 Å². The average Bonchev–Trinajstić information content (AvgIpc) is 2.69. The number of para-hydroxylation sites is 1. The summed E-state index contributed by atoms with van der Waals surface area (Å²) < 4.78 is 22.5. The summed E-state index contributed by atoms with van der Waals surface area (Å²) >= 11 is 0. The molecule has 0 unspecified atom stereocenters. The van der Waals surface area contributed by atoms with E-state index < -0.39 is 10.0 Å². The topological polar surface area (TPSA) is 101 Å². The van der Waals surface area contributed by atoms with Crippen molar-refractivity contribution >= 4 is 21.7 Å². The van der Waals surface area contributed by atoms with E-state index in [0.717, 1.165) is 22.4 Å². The van der Waals surface area contributed by atoms with Gasteiger partial charge in [-0.05, 0) is 35.7 Å². The molecule has 0 aromatic heterocycles. The Hall–Kier alpha value is -3.16. The molecule has 3 aromatic carbocycles. The van der Waals surface area contributed by atoms with Gasteiger partial charge in [0.25, 0.3) is 0 Å². The van der Waals surface area contributed by atoms with Crippen LogP contribution in [0.5, 0.6) is 0 Å². The molecule has 3 aromatic rings. The Balaban J connectivity index is 1.57. The van der Waals surface area contributed by atoms with Crippen molar-refractivity contribution in [2.45, 2.75) is 11.3 Å². The van der Waals surface area contributed by atoms with Crippen molar-refractivity contribution in [2.75, 3.05) is 11.9 Å². The maximum absolute atomic E-state index is 12.3. The van der Waals surface area contributed by atoms with Gasteiger partial charge in [-0.3, -0.25) is 0 Å². The first-order valence-corrected chi connectivity index (χ1v) is 10.3. The lowest BCUT2D eigenvalue weighted by atomic mass is 10.0. The number of sulfonamides is 1. The van der Waals surface area contributed by atoms with Crippen molar-refractivity contribution < 1.29 is 13.2 Å². The molecule has 0 heterocycles. The summed E-state index contributed by atoms with van der Waals surface area (Å²) in [6.45, 7) is 0.411. The maximum atomic E-state index is 12.3. The number of anilines is 1. The molecular formula is C21H21N3O3S. The van der Waals surface area contributed by atoms with Crippen LogP contribution in [0.2, 0.25) is 0 Å². The zero-order valence-electron chi connectivity index (χ0n) is 15.1. The molecule has 6 nitrogen and oxygen atoms in total. The van der Waals surface area contributed by atoms with Crippen molar-refractivity contribution in [3.05, 3.63) is 84.4 Å². The van der Waals surface area contributed by atoms with Crippen LogP contribution >= 0.6 is 0 Å². The first-order chi connectivity index (χ1) is 13.4. The molecule has 0 atom stereocenters. The maximum Gasteiger partial charge on any atom is 0.319 e. The highest BCUT2D eigenvalue weighted by atomic mass is 32.2. The molecule has 0 aliphatic heterocycles. The molecule has 144 valence electrons. The third-order valence-electron chi connectivity index (χ3n) is 4.21. The number of benzene rings is 3. The molecule has 0 bridgehead atoms. The molecule has 3 rings (SSSR count). The van der Waals surface area contributed by atoms with Gasteiger partial charge in [0.1, 0.15) is 0 Å². The average molecular weight is 395 g/mol. The van der Waals surface area contributed by atoms with Crippen LogP contribution in [0.25, 0.3) is 11.1 Å². The molecule has 0 aliphatic rings. The second kappa shape index (κ2) is 8.69. The van der Waals surface area contributed by atoms with Crippen molar-refractivity contribution in [1.29, 1.82) is 0 Å². The van der Waals surface area contributed by atoms with Gasteiger partial charge in [-0.15, -0.1) is 0 Å². The molecule has 0 aliphatic carbocycles. The Morgan fingerprint density at radius 3 is 2.18 bits per heavy atom. The van der Waals surface area contributed by atoms with E-state index in [1.807, 2.05) is 54.6 Å². The fourth-order valence-corrected chi connectivity index (χ4v) is 3.31. The molecule has 0 saturated heterocycles. The first kappa shape index (κ1) is 19.6. The normalized spacial score (nSPS) is 11.0. The van der Waals surface area contributed by atoms with Gasteiger partial charge in [-0.25, -0.2) is 18.4 Å². The van der Waals surface area contributed by atoms with Gasteiger partial charge in [-0.1, -0.05) is 60.7 Å². The number of carbonyl (C=O) groups is 1. The molecule has 7 heteroatoms. The minimum absolute atomic E-state index is 0.0690. The van der Waals surface area contributed by atoms with Gasteiger partial charge in [0.15, 0.2) is 0 Å². The van der Waals surface area contributed by atoms with Crippen LogP contribution < -0.4 is 15.8 Å². The summed E-state index contributed by atoms with van der Waals surface area (Å²) in [4.78, 5) is 12.3. The number of rotatable bonds is 6. The van der Waals surface area contributed by atoms with Crippen molar-refractivity contribution in [3.8, 4) is 11.1 Å². The van der Waals surface area contributed by atoms with Gasteiger partial charge in [0.2, 0.25) is 10.0 Å². The highest BCUT2D eigenvalue weighted by molar-refractivity contribution is 7.89. The Bertz CT molecular complexity index is 1050. The number of carbonyl (C=O) groups excluding carboxylic acids is 1. The van der Waals surface area contributed by atoms with Gasteiger partial charge in [0.05, 0.1) is 10.6 Å². The molecule has 0 saturated carbocycles. The summed E-state index contributed by atoms with van der Waals surface area (Å²) in [6, 6.07) is 23.4. The van der Waals surface area contributed by atoms with E-state index in [0.29, 0.717) is 13.0 Å². The second-order valence-electron chi connectivity index (χ2n) is 6.23. The van der Waals surface area contributed by atoms with E-state index >= 15 is 0 Å². The van der Waals surface area contributed by atoms with Gasteiger partial charge < -0.3 is 10.6 Å². The number of amides is 2. The van der Waals surface area contributed by atoms with Crippen LogP contribution in [0, 0.1) is 0 Å². The molecule has 4 N–H and O–H groups in total. The lowest BCUT2D eigenvalue weighted by Crippen LogP contribution is -2.30. The monoisotopic (exact) mass is 395 g/mol. The molecule has 0 fully saturated rings. The van der Waals surface area contributed by atoms with Crippen LogP contribution in [0.3, 0.4) is 0 Å². The summed E-state index contributed by atoms with van der Waals surface area (Å²) in [5, 5.41) is 10.8. The Morgan fingerprint density at radius 1 is 0.857 bits per heavy atom. The van der Waals surface area contributed by atoms with Crippen LogP contribution in [-0.4, -0.2) is 21.0 Å². The lowest BCUT2D eigenvalue weighted by Gasteiger charge is -2.12. The number of hydrogen-bond acceptors (Lipinski definition) is 3. The number of urea groups is 1. The van der Waals surface area contributed by atoms with Crippen LogP contribution in [0.1, 0.15) is 5.56 Å². The van der Waals surface area contributed by atoms with Crippen LogP contribution in [0.15, 0.2) is 83.8 Å². The highest BCUT2D eigenvalue weighted by Gasteiger charge is 2.09. The van der Waals surface area contributed by atoms with Crippen LogP contribution in [-0.2, 0) is 16.4 Å². The zero-order chi connectivity index (χ0) is 20.0. The van der Waals surface area contributed by atoms with Gasteiger partial charge >= 0.3 is 6.03 Å². The van der Waals surface area contributed by atoms with E-state index in [2.05, 4.69) is 10.6 Å². The predicted molar refractivity (Wildman–Crippen MR) is 110 cm³/mol. The number of nitrogens with one attached hydrogen (secondary N) is 2. The first-order valence-electron chi connectivity index (χ1n) is 8.74. The van der Waals surface area contributed by atoms with E-state index in [1.54, 1.807) is 12.1 Å². The minimum Gasteiger partial charge on any atom is -0.338 e. The molecule has 28 heavy (non-hydrogen) atoms. The van der Waals surface area contributed by atoms with Crippen molar-refractivity contribution in [2.24, 2.45) is 5.14 Å². The third kappa shape index (κ3) is 5.18. The van der Waals surface area contributed by atoms with E-state index in [-0.39, 0.29) is 10.9 Å². The third-order valence-corrected chi connectivity index (χ3v) is 5.14. The fraction of sp³-hybridized carbons (Fsp3) is 0.0952. The number of nitrogens with two attached hydrogens (primary N) is 1. The van der Waals surface area contributed by atoms with E-state index in [4.69, 9.17) is 5.14 Å². The Kier molecular flexibility index (Phi) is 6.08. The smallest absolute Gasteiger partial charge is 0.319 e. The molecule has 2 amide bonds. The van der Waals surface area contributed by atoms with Gasteiger partial charge in [-0.2, -0.15) is 0 Å². The quantitative estimate of drug-likeness (QED) is 0.596. The van der Waals surface area contributed by atoms with E-state index in [9.17, 15) is 13.2 Å². The second-order valence-corrected chi connectivity index (χ2v) is 7.79. The molecule has 0 spiro atoms. The standard InChI is InChI=1S/C21H21N3O3S/c22-28(26,27)18-12-10-16(11-13-18)14-15-23-21(25)24-20-9-5-4-8-19(20)17-6-2-1-3-7-17/h1-13H,14-15H2,(H2,22,26,27)(H2,23,24,25). The fourth-order valence-electron chi connectivity index (χ4n) is 2.79. The minimum atomic E-state index is -3.69. The van der Waals surface area contributed by atoms with Crippen LogP contribution in [0.4, 0.5) is 10.5 Å². The lowest BCUT2D eigenvalue weighted by molar-refractivity contribution is 0.252.